The van der Waals surface area contributed by atoms with Gasteiger partial charge in [0.2, 0.25) is 11.8 Å². The topological polar surface area (TPSA) is 85.3 Å². The fourth-order valence-corrected chi connectivity index (χ4v) is 4.69. The molecule has 1 saturated heterocycles. The number of imidazole rings is 1. The Hall–Kier alpha value is -2.01. The summed E-state index contributed by atoms with van der Waals surface area (Å²) in [5.41, 5.74) is 7.42. The zero-order valence-electron chi connectivity index (χ0n) is 17.0. The maximum Gasteiger partial charge on any atom is 0.393 e. The molecule has 3 heterocycles. The summed E-state index contributed by atoms with van der Waals surface area (Å²) in [6, 6.07) is 0.962. The summed E-state index contributed by atoms with van der Waals surface area (Å²) in [4.78, 5) is 16.5. The van der Waals surface area contributed by atoms with E-state index in [1.165, 1.54) is 10.6 Å². The third-order valence-electron chi connectivity index (χ3n) is 6.47. The van der Waals surface area contributed by atoms with Gasteiger partial charge < -0.3 is 11.1 Å². The Kier molecular flexibility index (Phi) is 6.08. The third kappa shape index (κ3) is 4.83. The molecule has 0 radical (unpaired) electrons. The van der Waals surface area contributed by atoms with Crippen LogP contribution in [0.5, 0.6) is 0 Å². The SMILES string of the molecule is N[C@H](c1cn2nc(C[C@@H]3C[C@H](C(F)(F)F)CNC3=O)c(Cl)cc2n1)C1CCC(F)(F)CC1. The Bertz CT molecular complexity index is 1000. The van der Waals surface area contributed by atoms with Crippen LogP contribution in [0.25, 0.3) is 5.65 Å². The smallest absolute Gasteiger partial charge is 0.355 e. The first-order chi connectivity index (χ1) is 14.9. The molecule has 1 amide bonds. The van der Waals surface area contributed by atoms with Crippen molar-refractivity contribution in [3.8, 4) is 0 Å². The number of carbonyl (C=O) groups excluding carboxylic acids is 1. The number of nitrogens with one attached hydrogen (secondary N) is 1. The Morgan fingerprint density at radius 3 is 2.66 bits per heavy atom. The van der Waals surface area contributed by atoms with Gasteiger partial charge in [-0.1, -0.05) is 11.6 Å². The summed E-state index contributed by atoms with van der Waals surface area (Å²) in [7, 11) is 0. The molecular formula is C20H23ClF5N5O. The van der Waals surface area contributed by atoms with Crippen LogP contribution >= 0.6 is 11.6 Å². The monoisotopic (exact) mass is 479 g/mol. The molecule has 1 aliphatic carbocycles. The Morgan fingerprint density at radius 2 is 2.00 bits per heavy atom. The van der Waals surface area contributed by atoms with Crippen LogP contribution in [-0.2, 0) is 11.2 Å². The number of nitrogens with two attached hydrogens (primary N) is 1. The number of hydrogen-bond donors (Lipinski definition) is 2. The average Bonchev–Trinajstić information content (AvgIpc) is 3.11. The van der Waals surface area contributed by atoms with E-state index >= 15 is 0 Å². The van der Waals surface area contributed by atoms with Crippen LogP contribution in [0.4, 0.5) is 22.0 Å². The van der Waals surface area contributed by atoms with Crippen molar-refractivity contribution in [1.29, 1.82) is 0 Å². The second kappa shape index (κ2) is 8.40. The third-order valence-corrected chi connectivity index (χ3v) is 6.80. The number of fused-ring (bicyclic) bond motifs is 1. The summed E-state index contributed by atoms with van der Waals surface area (Å²) >= 11 is 6.28. The maximum absolute atomic E-state index is 13.4. The highest BCUT2D eigenvalue weighted by Gasteiger charge is 2.45. The van der Waals surface area contributed by atoms with Crippen LogP contribution in [0, 0.1) is 17.8 Å². The van der Waals surface area contributed by atoms with Gasteiger partial charge in [-0.05, 0) is 25.2 Å². The van der Waals surface area contributed by atoms with E-state index in [-0.39, 0.29) is 42.3 Å². The minimum absolute atomic E-state index is 0.0511. The molecule has 6 nitrogen and oxygen atoms in total. The fraction of sp³-hybridized carbons (Fsp3) is 0.650. The van der Waals surface area contributed by atoms with Crippen LogP contribution in [0.15, 0.2) is 12.3 Å². The van der Waals surface area contributed by atoms with Gasteiger partial charge >= 0.3 is 6.18 Å². The molecule has 0 unspecified atom stereocenters. The van der Waals surface area contributed by atoms with Gasteiger partial charge in [-0.3, -0.25) is 4.79 Å². The first kappa shape index (κ1) is 23.2. The summed E-state index contributed by atoms with van der Waals surface area (Å²) in [6.07, 6.45) is -3.05. The summed E-state index contributed by atoms with van der Waals surface area (Å²) in [5, 5.41) is 6.84. The standard InChI is InChI=1S/C20H23ClF5N5O/c21-13-7-16-29-15(17(27)10-1-3-19(22,23)4-2-10)9-31(16)30-14(13)6-11-5-12(20(24,25)26)8-28-18(11)32/h7,9-12,17H,1-6,8,27H2,(H,28,32)/t11-,12-,17-/m0/s1. The molecular weight excluding hydrogens is 457 g/mol. The molecule has 3 N–H and O–H groups in total. The lowest BCUT2D eigenvalue weighted by Gasteiger charge is -2.31. The highest BCUT2D eigenvalue weighted by atomic mass is 35.5. The average molecular weight is 480 g/mol. The molecule has 3 atom stereocenters. The van der Waals surface area contributed by atoms with Crippen LogP contribution in [0.1, 0.15) is 49.5 Å². The number of alkyl halides is 5. The predicted octanol–water partition coefficient (Wildman–Crippen LogP) is 4.07. The highest BCUT2D eigenvalue weighted by molar-refractivity contribution is 6.31. The number of aromatic nitrogens is 3. The summed E-state index contributed by atoms with van der Waals surface area (Å²) in [6.45, 7) is -0.436. The first-order valence-corrected chi connectivity index (χ1v) is 10.8. The molecule has 2 fully saturated rings. The van der Waals surface area contributed by atoms with Crippen molar-refractivity contribution in [2.24, 2.45) is 23.5 Å². The normalized spacial score (nSPS) is 25.7. The molecule has 0 bridgehead atoms. The Balaban J connectivity index is 1.52. The van der Waals surface area contributed by atoms with Gasteiger partial charge in [0.05, 0.1) is 34.6 Å². The van der Waals surface area contributed by atoms with E-state index in [0.29, 0.717) is 24.2 Å². The minimum atomic E-state index is -4.40. The fourth-order valence-electron chi connectivity index (χ4n) is 4.48. The van der Waals surface area contributed by atoms with Gasteiger partial charge in [-0.25, -0.2) is 18.3 Å². The van der Waals surface area contributed by atoms with Crippen LogP contribution in [0.2, 0.25) is 5.02 Å². The largest absolute Gasteiger partial charge is 0.393 e. The number of piperidine rings is 1. The Morgan fingerprint density at radius 1 is 1.31 bits per heavy atom. The van der Waals surface area contributed by atoms with E-state index in [0.717, 1.165) is 0 Å². The van der Waals surface area contributed by atoms with E-state index in [4.69, 9.17) is 17.3 Å². The van der Waals surface area contributed by atoms with E-state index in [2.05, 4.69) is 15.4 Å². The van der Waals surface area contributed by atoms with Crippen molar-refractivity contribution in [1.82, 2.24) is 19.9 Å². The zero-order valence-corrected chi connectivity index (χ0v) is 17.8. The summed E-state index contributed by atoms with van der Waals surface area (Å²) < 4.78 is 67.5. The van der Waals surface area contributed by atoms with Crippen LogP contribution in [0.3, 0.4) is 0 Å². The zero-order chi connectivity index (χ0) is 23.3. The molecule has 1 saturated carbocycles. The van der Waals surface area contributed by atoms with Crippen molar-refractivity contribution in [3.63, 3.8) is 0 Å². The molecule has 1 aliphatic heterocycles. The van der Waals surface area contributed by atoms with Gasteiger partial charge in [0, 0.05) is 37.8 Å². The molecule has 2 aliphatic rings. The number of halogens is 6. The van der Waals surface area contributed by atoms with Gasteiger partial charge in [0.1, 0.15) is 0 Å². The van der Waals surface area contributed by atoms with Gasteiger partial charge in [0.25, 0.3) is 0 Å². The second-order valence-corrected chi connectivity index (χ2v) is 9.15. The van der Waals surface area contributed by atoms with Crippen molar-refractivity contribution < 1.29 is 26.7 Å². The van der Waals surface area contributed by atoms with Gasteiger partial charge in [0.15, 0.2) is 5.65 Å². The highest BCUT2D eigenvalue weighted by Crippen LogP contribution is 2.40. The molecule has 176 valence electrons. The number of carbonyl (C=O) groups is 1. The number of amides is 1. The molecule has 2 aromatic heterocycles. The minimum Gasteiger partial charge on any atom is -0.355 e. The lowest BCUT2D eigenvalue weighted by molar-refractivity contribution is -0.183. The molecule has 2 aromatic rings. The van der Waals surface area contributed by atoms with Crippen LogP contribution in [-0.4, -0.2) is 39.1 Å². The van der Waals surface area contributed by atoms with Crippen molar-refractivity contribution in [3.05, 3.63) is 28.7 Å². The Labute approximate surface area is 185 Å². The maximum atomic E-state index is 13.4. The van der Waals surface area contributed by atoms with Gasteiger partial charge in [-0.15, -0.1) is 0 Å². The van der Waals surface area contributed by atoms with E-state index in [1.54, 1.807) is 6.20 Å². The van der Waals surface area contributed by atoms with Crippen molar-refractivity contribution >= 4 is 23.2 Å². The van der Waals surface area contributed by atoms with Crippen molar-refractivity contribution in [2.75, 3.05) is 6.54 Å². The lowest BCUT2D eigenvalue weighted by atomic mass is 9.81. The molecule has 4 rings (SSSR count). The second-order valence-electron chi connectivity index (χ2n) is 8.75. The molecule has 0 aromatic carbocycles. The van der Waals surface area contributed by atoms with Crippen molar-refractivity contribution in [2.45, 2.75) is 56.7 Å². The quantitative estimate of drug-likeness (QED) is 0.647. The predicted molar refractivity (Wildman–Crippen MR) is 106 cm³/mol. The van der Waals surface area contributed by atoms with E-state index in [1.807, 2.05) is 0 Å². The molecule has 0 spiro atoms. The van der Waals surface area contributed by atoms with E-state index in [9.17, 15) is 26.7 Å². The summed E-state index contributed by atoms with van der Waals surface area (Å²) in [5.74, 6) is -5.79. The number of hydrogen-bond acceptors (Lipinski definition) is 4. The molecule has 12 heteroatoms. The lowest BCUT2D eigenvalue weighted by Crippen LogP contribution is -2.47. The first-order valence-electron chi connectivity index (χ1n) is 10.5. The van der Waals surface area contributed by atoms with Gasteiger partial charge in [-0.2, -0.15) is 18.3 Å². The number of rotatable bonds is 4. The van der Waals surface area contributed by atoms with Crippen LogP contribution < -0.4 is 11.1 Å². The number of nitrogens with zero attached hydrogens (tertiary/aromatic N) is 3. The van der Waals surface area contributed by atoms with E-state index < -0.39 is 42.4 Å². The molecule has 32 heavy (non-hydrogen) atoms.